The van der Waals surface area contributed by atoms with E-state index in [9.17, 15) is 4.79 Å². The third-order valence-corrected chi connectivity index (χ3v) is 4.15. The molecule has 0 aromatic heterocycles. The summed E-state index contributed by atoms with van der Waals surface area (Å²) in [5, 5.41) is 6.72. The first kappa shape index (κ1) is 17.8. The summed E-state index contributed by atoms with van der Waals surface area (Å²) in [7, 11) is 1.52. The Morgan fingerprint density at radius 1 is 0.962 bits per heavy atom. The third-order valence-electron chi connectivity index (χ3n) is 3.91. The van der Waals surface area contributed by atoms with Crippen LogP contribution in [-0.4, -0.2) is 13.0 Å². The molecule has 0 fully saturated rings. The molecule has 1 amide bonds. The van der Waals surface area contributed by atoms with Crippen LogP contribution in [0.25, 0.3) is 0 Å². The maximum Gasteiger partial charge on any atom is 0.259 e. The molecule has 0 unspecified atom stereocenters. The van der Waals surface area contributed by atoms with Crippen LogP contribution in [0.2, 0.25) is 5.02 Å². The van der Waals surface area contributed by atoms with Crippen molar-refractivity contribution in [1.29, 1.82) is 0 Å². The van der Waals surface area contributed by atoms with Gasteiger partial charge in [-0.25, -0.2) is 0 Å². The smallest absolute Gasteiger partial charge is 0.259 e. The maximum atomic E-state index is 12.7. The molecule has 0 radical (unpaired) electrons. The fraction of sp³-hybridized carbons (Fsp3) is 0.0952. The number of hydrogen-bond acceptors (Lipinski definition) is 3. The fourth-order valence-electron chi connectivity index (χ4n) is 2.54. The molecular formula is C21H19ClN2O2. The summed E-state index contributed by atoms with van der Waals surface area (Å²) in [6.07, 6.45) is 0. The lowest BCUT2D eigenvalue weighted by molar-refractivity contribution is 0.102. The molecule has 0 saturated carbocycles. The molecule has 3 aromatic carbocycles. The van der Waals surface area contributed by atoms with E-state index in [1.165, 1.54) is 12.7 Å². The van der Waals surface area contributed by atoms with Gasteiger partial charge in [0.1, 0.15) is 5.75 Å². The number of hydrogen-bond donors (Lipinski definition) is 2. The van der Waals surface area contributed by atoms with Gasteiger partial charge in [-0.15, -0.1) is 0 Å². The molecular weight excluding hydrogens is 348 g/mol. The summed E-state index contributed by atoms with van der Waals surface area (Å²) in [5.41, 5.74) is 3.97. The van der Waals surface area contributed by atoms with Crippen molar-refractivity contribution in [2.45, 2.75) is 6.92 Å². The van der Waals surface area contributed by atoms with E-state index in [4.69, 9.17) is 16.3 Å². The number of amides is 1. The van der Waals surface area contributed by atoms with Crippen molar-refractivity contribution in [3.8, 4) is 5.75 Å². The lowest BCUT2D eigenvalue weighted by atomic mass is 10.1. The average molecular weight is 367 g/mol. The zero-order valence-electron chi connectivity index (χ0n) is 14.5. The molecule has 3 aromatic rings. The van der Waals surface area contributed by atoms with Crippen LogP contribution in [0.3, 0.4) is 0 Å². The molecule has 0 aliphatic carbocycles. The quantitative estimate of drug-likeness (QED) is 0.613. The molecule has 0 spiro atoms. The standard InChI is InChI=1S/C21H19ClN2O2/c1-14-7-10-16(11-8-14)23-18-5-3-4-6-19(18)24-21(25)17-13-15(22)9-12-20(17)26-2/h3-13,23H,1-2H3,(H,24,25). The normalized spacial score (nSPS) is 10.3. The summed E-state index contributed by atoms with van der Waals surface area (Å²) < 4.78 is 5.26. The molecule has 0 bridgehead atoms. The molecule has 0 aliphatic rings. The molecule has 3 rings (SSSR count). The highest BCUT2D eigenvalue weighted by Crippen LogP contribution is 2.28. The van der Waals surface area contributed by atoms with Gasteiger partial charge < -0.3 is 15.4 Å². The molecule has 5 heteroatoms. The number of methoxy groups -OCH3 is 1. The highest BCUT2D eigenvalue weighted by molar-refractivity contribution is 6.31. The zero-order valence-corrected chi connectivity index (χ0v) is 15.3. The lowest BCUT2D eigenvalue weighted by Crippen LogP contribution is -2.14. The Bertz CT molecular complexity index is 924. The topological polar surface area (TPSA) is 50.4 Å². The second kappa shape index (κ2) is 7.93. The zero-order chi connectivity index (χ0) is 18.5. The molecule has 132 valence electrons. The Labute approximate surface area is 157 Å². The van der Waals surface area contributed by atoms with Gasteiger partial charge in [-0.2, -0.15) is 0 Å². The summed E-state index contributed by atoms with van der Waals surface area (Å²) >= 11 is 6.02. The number of halogens is 1. The van der Waals surface area contributed by atoms with Crippen LogP contribution in [0, 0.1) is 6.92 Å². The highest BCUT2D eigenvalue weighted by Gasteiger charge is 2.14. The van der Waals surface area contributed by atoms with Crippen LogP contribution in [0.5, 0.6) is 5.75 Å². The highest BCUT2D eigenvalue weighted by atomic mass is 35.5. The van der Waals surface area contributed by atoms with Crippen molar-refractivity contribution in [2.24, 2.45) is 0 Å². The molecule has 2 N–H and O–H groups in total. The monoisotopic (exact) mass is 366 g/mol. The van der Waals surface area contributed by atoms with E-state index in [1.54, 1.807) is 18.2 Å². The van der Waals surface area contributed by atoms with E-state index in [-0.39, 0.29) is 5.91 Å². The molecule has 4 nitrogen and oxygen atoms in total. The number of aryl methyl sites for hydroxylation is 1. The van der Waals surface area contributed by atoms with Crippen molar-refractivity contribution < 1.29 is 9.53 Å². The summed E-state index contributed by atoms with van der Waals surface area (Å²) in [4.78, 5) is 12.7. The van der Waals surface area contributed by atoms with E-state index in [0.717, 1.165) is 11.4 Å². The third kappa shape index (κ3) is 4.16. The molecule has 0 saturated heterocycles. The number of para-hydroxylation sites is 2. The minimum absolute atomic E-state index is 0.289. The van der Waals surface area contributed by atoms with Gasteiger partial charge in [0.25, 0.3) is 5.91 Å². The van der Waals surface area contributed by atoms with Crippen LogP contribution in [0.1, 0.15) is 15.9 Å². The molecule has 0 atom stereocenters. The largest absolute Gasteiger partial charge is 0.496 e. The van der Waals surface area contributed by atoms with Gasteiger partial charge in [-0.05, 0) is 49.4 Å². The Morgan fingerprint density at radius 2 is 1.65 bits per heavy atom. The number of ether oxygens (including phenoxy) is 1. The van der Waals surface area contributed by atoms with E-state index in [2.05, 4.69) is 10.6 Å². The van der Waals surface area contributed by atoms with Gasteiger partial charge >= 0.3 is 0 Å². The van der Waals surface area contributed by atoms with E-state index in [1.807, 2.05) is 55.5 Å². The summed E-state index contributed by atoms with van der Waals surface area (Å²) in [5.74, 6) is 0.179. The van der Waals surface area contributed by atoms with Crippen LogP contribution >= 0.6 is 11.6 Å². The molecule has 0 heterocycles. The van der Waals surface area contributed by atoms with Crippen molar-refractivity contribution in [3.05, 3.63) is 82.9 Å². The Hall–Kier alpha value is -2.98. The Balaban J connectivity index is 1.85. The number of carbonyl (C=O) groups excluding carboxylic acids is 1. The second-order valence-electron chi connectivity index (χ2n) is 5.84. The van der Waals surface area contributed by atoms with Gasteiger partial charge in [0, 0.05) is 10.7 Å². The number of nitrogens with one attached hydrogen (secondary N) is 2. The Kier molecular flexibility index (Phi) is 5.44. The van der Waals surface area contributed by atoms with E-state index in [0.29, 0.717) is 22.0 Å². The van der Waals surface area contributed by atoms with Crippen LogP contribution in [0.4, 0.5) is 17.1 Å². The molecule has 26 heavy (non-hydrogen) atoms. The van der Waals surface area contributed by atoms with Crippen molar-refractivity contribution in [2.75, 3.05) is 17.7 Å². The predicted molar refractivity (Wildman–Crippen MR) is 107 cm³/mol. The summed E-state index contributed by atoms with van der Waals surface area (Å²) in [6, 6.07) is 20.5. The predicted octanol–water partition coefficient (Wildman–Crippen LogP) is 5.65. The minimum Gasteiger partial charge on any atom is -0.496 e. The Morgan fingerprint density at radius 3 is 2.35 bits per heavy atom. The van der Waals surface area contributed by atoms with Gasteiger partial charge in [0.2, 0.25) is 0 Å². The second-order valence-corrected chi connectivity index (χ2v) is 6.27. The number of anilines is 3. The van der Waals surface area contributed by atoms with Crippen molar-refractivity contribution in [3.63, 3.8) is 0 Å². The minimum atomic E-state index is -0.289. The van der Waals surface area contributed by atoms with Crippen molar-refractivity contribution in [1.82, 2.24) is 0 Å². The molecule has 0 aliphatic heterocycles. The lowest BCUT2D eigenvalue weighted by Gasteiger charge is -2.14. The van der Waals surface area contributed by atoms with Gasteiger partial charge in [-0.3, -0.25) is 4.79 Å². The number of carbonyl (C=O) groups is 1. The summed E-state index contributed by atoms with van der Waals surface area (Å²) in [6.45, 7) is 2.04. The first-order valence-electron chi connectivity index (χ1n) is 8.14. The van der Waals surface area contributed by atoms with Crippen LogP contribution in [0.15, 0.2) is 66.7 Å². The number of rotatable bonds is 5. The SMILES string of the molecule is COc1ccc(Cl)cc1C(=O)Nc1ccccc1Nc1ccc(C)cc1. The first-order chi connectivity index (χ1) is 12.6. The van der Waals surface area contributed by atoms with Crippen molar-refractivity contribution >= 4 is 34.6 Å². The maximum absolute atomic E-state index is 12.7. The van der Waals surface area contributed by atoms with Crippen LogP contribution in [-0.2, 0) is 0 Å². The van der Waals surface area contributed by atoms with E-state index < -0.39 is 0 Å². The van der Waals surface area contributed by atoms with Gasteiger partial charge in [0.05, 0.1) is 24.0 Å². The van der Waals surface area contributed by atoms with Gasteiger partial charge in [0.15, 0.2) is 0 Å². The fourth-order valence-corrected chi connectivity index (χ4v) is 2.71. The van der Waals surface area contributed by atoms with E-state index >= 15 is 0 Å². The first-order valence-corrected chi connectivity index (χ1v) is 8.52. The average Bonchev–Trinajstić information content (AvgIpc) is 2.65. The van der Waals surface area contributed by atoms with Gasteiger partial charge in [-0.1, -0.05) is 41.4 Å². The van der Waals surface area contributed by atoms with Crippen LogP contribution < -0.4 is 15.4 Å². The number of benzene rings is 3.